The Morgan fingerprint density at radius 1 is 1.17 bits per heavy atom. The number of benzene rings is 2. The lowest BCUT2D eigenvalue weighted by atomic mass is 10.2. The first kappa shape index (κ1) is 15.2. The fourth-order valence-electron chi connectivity index (χ4n) is 2.10. The highest BCUT2D eigenvalue weighted by molar-refractivity contribution is 6.33. The van der Waals surface area contributed by atoms with Crippen molar-refractivity contribution in [2.24, 2.45) is 0 Å². The molecule has 0 spiro atoms. The lowest BCUT2D eigenvalue weighted by molar-refractivity contribution is 0.102. The Balaban J connectivity index is 1.91. The van der Waals surface area contributed by atoms with Gasteiger partial charge in [-0.25, -0.2) is 9.37 Å². The second-order valence-electron chi connectivity index (χ2n) is 4.84. The number of rotatable bonds is 3. The van der Waals surface area contributed by atoms with Crippen LogP contribution in [0.2, 0.25) is 5.02 Å². The lowest BCUT2D eigenvalue weighted by Crippen LogP contribution is -2.13. The van der Waals surface area contributed by atoms with Crippen molar-refractivity contribution in [3.8, 4) is 11.5 Å². The maximum atomic E-state index is 13.8. The molecule has 0 saturated carbocycles. The zero-order chi connectivity index (χ0) is 16.4. The summed E-state index contributed by atoms with van der Waals surface area (Å²) in [7, 11) is 0. The number of hydrogen-bond donors (Lipinski definition) is 1. The van der Waals surface area contributed by atoms with Gasteiger partial charge >= 0.3 is 0 Å². The van der Waals surface area contributed by atoms with Gasteiger partial charge in [-0.2, -0.15) is 0 Å². The predicted molar refractivity (Wildman–Crippen MR) is 86.0 cm³/mol. The van der Waals surface area contributed by atoms with E-state index in [0.29, 0.717) is 16.5 Å². The van der Waals surface area contributed by atoms with E-state index in [4.69, 9.17) is 16.0 Å². The summed E-state index contributed by atoms with van der Waals surface area (Å²) in [6, 6.07) is 12.9. The third-order valence-corrected chi connectivity index (χ3v) is 3.57. The summed E-state index contributed by atoms with van der Waals surface area (Å²) in [6.45, 7) is 1.60. The van der Waals surface area contributed by atoms with Crippen LogP contribution in [-0.4, -0.2) is 10.9 Å². The number of hydrogen-bond acceptors (Lipinski definition) is 3. The SMILES string of the molecule is Cc1oc(-c2ccccc2F)nc1C(=O)Nc1ccccc1Cl. The highest BCUT2D eigenvalue weighted by Gasteiger charge is 2.20. The topological polar surface area (TPSA) is 55.1 Å². The van der Waals surface area contributed by atoms with Crippen molar-refractivity contribution in [2.75, 3.05) is 5.32 Å². The molecular weight excluding hydrogens is 319 g/mol. The summed E-state index contributed by atoms with van der Waals surface area (Å²) in [5, 5.41) is 3.07. The first-order valence-electron chi connectivity index (χ1n) is 6.84. The number of carbonyl (C=O) groups is 1. The Kier molecular flexibility index (Phi) is 4.12. The van der Waals surface area contributed by atoms with Gasteiger partial charge in [0.2, 0.25) is 5.89 Å². The smallest absolute Gasteiger partial charge is 0.277 e. The lowest BCUT2D eigenvalue weighted by Gasteiger charge is -2.04. The molecule has 0 bridgehead atoms. The van der Waals surface area contributed by atoms with Crippen molar-refractivity contribution in [1.82, 2.24) is 4.98 Å². The van der Waals surface area contributed by atoms with Crippen molar-refractivity contribution >= 4 is 23.2 Å². The zero-order valence-corrected chi connectivity index (χ0v) is 12.9. The molecule has 0 fully saturated rings. The fourth-order valence-corrected chi connectivity index (χ4v) is 2.28. The molecule has 3 rings (SSSR count). The highest BCUT2D eigenvalue weighted by Crippen LogP contribution is 2.26. The van der Waals surface area contributed by atoms with Crippen molar-refractivity contribution < 1.29 is 13.6 Å². The number of carbonyl (C=O) groups excluding carboxylic acids is 1. The summed E-state index contributed by atoms with van der Waals surface area (Å²) < 4.78 is 19.2. The Morgan fingerprint density at radius 3 is 2.61 bits per heavy atom. The molecule has 1 N–H and O–H groups in total. The van der Waals surface area contributed by atoms with Crippen LogP contribution < -0.4 is 5.32 Å². The summed E-state index contributed by atoms with van der Waals surface area (Å²) in [5.41, 5.74) is 0.754. The monoisotopic (exact) mass is 330 g/mol. The fraction of sp³-hybridized carbons (Fsp3) is 0.0588. The molecule has 4 nitrogen and oxygen atoms in total. The molecule has 0 aliphatic heterocycles. The zero-order valence-electron chi connectivity index (χ0n) is 12.1. The van der Waals surface area contributed by atoms with Gasteiger partial charge in [0.15, 0.2) is 5.69 Å². The molecule has 0 atom stereocenters. The van der Waals surface area contributed by atoms with E-state index in [2.05, 4.69) is 10.3 Å². The van der Waals surface area contributed by atoms with Gasteiger partial charge in [0.25, 0.3) is 5.91 Å². The summed E-state index contributed by atoms with van der Waals surface area (Å²) in [6.07, 6.45) is 0. The Bertz CT molecular complexity index is 877. The van der Waals surface area contributed by atoms with Crippen LogP contribution in [0.5, 0.6) is 0 Å². The normalized spacial score (nSPS) is 10.6. The first-order chi connectivity index (χ1) is 11.1. The molecule has 1 amide bonds. The van der Waals surface area contributed by atoms with E-state index >= 15 is 0 Å². The molecule has 116 valence electrons. The van der Waals surface area contributed by atoms with Gasteiger partial charge in [-0.05, 0) is 31.2 Å². The van der Waals surface area contributed by atoms with Crippen molar-refractivity contribution in [2.45, 2.75) is 6.92 Å². The van der Waals surface area contributed by atoms with E-state index in [9.17, 15) is 9.18 Å². The number of para-hydroxylation sites is 1. The van der Waals surface area contributed by atoms with Gasteiger partial charge in [-0.15, -0.1) is 0 Å². The molecule has 1 heterocycles. The number of nitrogens with one attached hydrogen (secondary N) is 1. The van der Waals surface area contributed by atoms with Crippen LogP contribution in [0, 0.1) is 12.7 Å². The minimum Gasteiger partial charge on any atom is -0.440 e. The van der Waals surface area contributed by atoms with Gasteiger partial charge < -0.3 is 9.73 Å². The predicted octanol–water partition coefficient (Wildman–Crippen LogP) is 4.69. The van der Waals surface area contributed by atoms with Gasteiger partial charge in [0.1, 0.15) is 11.6 Å². The molecule has 6 heteroatoms. The number of oxazole rings is 1. The number of halogens is 2. The van der Waals surface area contributed by atoms with Gasteiger partial charge in [0, 0.05) is 0 Å². The maximum Gasteiger partial charge on any atom is 0.277 e. The minimum atomic E-state index is -0.470. The number of aryl methyl sites for hydroxylation is 1. The van der Waals surface area contributed by atoms with Gasteiger partial charge in [-0.3, -0.25) is 4.79 Å². The van der Waals surface area contributed by atoms with Crippen molar-refractivity contribution in [1.29, 1.82) is 0 Å². The average Bonchev–Trinajstić information content (AvgIpc) is 2.92. The second kappa shape index (κ2) is 6.22. The van der Waals surface area contributed by atoms with E-state index in [0.717, 1.165) is 0 Å². The standard InChI is InChI=1S/C17H12ClFN2O2/c1-10-15(16(22)20-14-9-5-3-7-12(14)18)21-17(23-10)11-6-2-4-8-13(11)19/h2-9H,1H3,(H,20,22). The third-order valence-electron chi connectivity index (χ3n) is 3.24. The van der Waals surface area contributed by atoms with Gasteiger partial charge in [-0.1, -0.05) is 35.9 Å². The Hall–Kier alpha value is -2.66. The Morgan fingerprint density at radius 2 is 1.87 bits per heavy atom. The first-order valence-corrected chi connectivity index (χ1v) is 7.22. The van der Waals surface area contributed by atoms with Crippen LogP contribution in [0.1, 0.15) is 16.2 Å². The molecule has 0 radical (unpaired) electrons. The number of aromatic nitrogens is 1. The quantitative estimate of drug-likeness (QED) is 0.757. The summed E-state index contributed by atoms with van der Waals surface area (Å²) in [5.74, 6) is -0.577. The third kappa shape index (κ3) is 3.10. The van der Waals surface area contributed by atoms with Crippen LogP contribution in [0.3, 0.4) is 0 Å². The van der Waals surface area contributed by atoms with Crippen LogP contribution >= 0.6 is 11.6 Å². The minimum absolute atomic E-state index is 0.0601. The number of amides is 1. The van der Waals surface area contributed by atoms with E-state index in [-0.39, 0.29) is 17.1 Å². The number of nitrogens with zero attached hydrogens (tertiary/aromatic N) is 1. The summed E-state index contributed by atoms with van der Waals surface area (Å²) >= 11 is 6.01. The van der Waals surface area contributed by atoms with Crippen LogP contribution in [-0.2, 0) is 0 Å². The summed E-state index contributed by atoms with van der Waals surface area (Å²) in [4.78, 5) is 16.4. The van der Waals surface area contributed by atoms with Crippen LogP contribution in [0.15, 0.2) is 52.9 Å². The molecule has 23 heavy (non-hydrogen) atoms. The highest BCUT2D eigenvalue weighted by atomic mass is 35.5. The second-order valence-corrected chi connectivity index (χ2v) is 5.24. The van der Waals surface area contributed by atoms with E-state index < -0.39 is 11.7 Å². The molecule has 0 unspecified atom stereocenters. The molecular formula is C17H12ClFN2O2. The maximum absolute atomic E-state index is 13.8. The van der Waals surface area contributed by atoms with Crippen molar-refractivity contribution in [3.05, 3.63) is 70.8 Å². The molecule has 3 aromatic rings. The number of anilines is 1. The van der Waals surface area contributed by atoms with Gasteiger partial charge in [0.05, 0.1) is 16.3 Å². The van der Waals surface area contributed by atoms with E-state index in [1.165, 1.54) is 12.1 Å². The molecule has 0 aliphatic rings. The van der Waals surface area contributed by atoms with Crippen LogP contribution in [0.25, 0.3) is 11.5 Å². The Labute approximate surface area is 136 Å². The van der Waals surface area contributed by atoms with E-state index in [1.54, 1.807) is 43.3 Å². The average molecular weight is 331 g/mol. The largest absolute Gasteiger partial charge is 0.440 e. The molecule has 1 aromatic heterocycles. The molecule has 0 aliphatic carbocycles. The van der Waals surface area contributed by atoms with Crippen molar-refractivity contribution in [3.63, 3.8) is 0 Å². The molecule has 0 saturated heterocycles. The molecule has 2 aromatic carbocycles. The van der Waals surface area contributed by atoms with Crippen LogP contribution in [0.4, 0.5) is 10.1 Å². The van der Waals surface area contributed by atoms with E-state index in [1.807, 2.05) is 0 Å².